The molecular weight excluding hydrogens is 917 g/mol. The molecule has 0 aromatic heterocycles. The second kappa shape index (κ2) is 15.6. The lowest BCUT2D eigenvalue weighted by Crippen LogP contribution is -2.31. The van der Waals surface area contributed by atoms with Gasteiger partial charge in [-0.2, -0.15) is 0 Å². The average molecular weight is 977 g/mol. The van der Waals surface area contributed by atoms with E-state index >= 15 is 0 Å². The first-order valence-corrected chi connectivity index (χ1v) is 27.2. The highest BCUT2D eigenvalue weighted by atomic mass is 15.2. The predicted molar refractivity (Wildman–Crippen MR) is 321 cm³/mol. The summed E-state index contributed by atoms with van der Waals surface area (Å²) in [6.45, 7) is 19.2. The topological polar surface area (TPSA) is 6.48 Å². The Morgan fingerprint density at radius 1 is 0.237 bits per heavy atom. The van der Waals surface area contributed by atoms with Crippen LogP contribution in [0.5, 0.6) is 0 Å². The summed E-state index contributed by atoms with van der Waals surface area (Å²) in [7, 11) is 0. The molecule has 11 aromatic rings. The Labute approximate surface area is 447 Å². The number of fused-ring (bicyclic) bond motifs is 13. The largest absolute Gasteiger partial charge is 0.310 e. The molecule has 76 heavy (non-hydrogen) atoms. The number of benzene rings is 11. The Morgan fingerprint density at radius 2 is 0.605 bits per heavy atom. The molecule has 0 saturated carbocycles. The van der Waals surface area contributed by atoms with Crippen molar-refractivity contribution in [2.24, 2.45) is 0 Å². The summed E-state index contributed by atoms with van der Waals surface area (Å²) < 4.78 is 0. The van der Waals surface area contributed by atoms with Crippen molar-refractivity contribution >= 4 is 55.7 Å². The molecule has 0 radical (unpaired) electrons. The Balaban J connectivity index is 0.760. The van der Waals surface area contributed by atoms with Crippen LogP contribution in [0.25, 0.3) is 66.1 Å². The van der Waals surface area contributed by atoms with Crippen LogP contribution in [0.15, 0.2) is 218 Å². The van der Waals surface area contributed by atoms with E-state index in [0.29, 0.717) is 0 Å². The standard InChI is InChI=1S/C74H60N2/c1-71(2)59-23-15-18-26-68(59)76(52-21-13-10-14-22-52)70-44-64-57(41-65(70)71)55-35-31-47(39-61(55)74(64,7)8)45-29-33-53-49(37-45)27-28-50-38-46(30-34-54(50)53)48-32-36-56-58-42-69-66(43-63(58)73(5,6)62(56)40-48)72(3,4)60-24-16-17-25-67(60)75(69)51-19-11-9-12-20-51/h9-44H,1-8H3. The normalized spacial score (nSPS) is 16.3. The van der Waals surface area contributed by atoms with Gasteiger partial charge in [-0.1, -0.05) is 195 Å². The predicted octanol–water partition coefficient (Wildman–Crippen LogP) is 20.2. The average Bonchev–Trinajstić information content (AvgIpc) is 3.96. The van der Waals surface area contributed by atoms with E-state index in [2.05, 4.69) is 284 Å². The second-order valence-electron chi connectivity index (χ2n) is 24.2. The summed E-state index contributed by atoms with van der Waals surface area (Å²) >= 11 is 0. The Kier molecular flexibility index (Phi) is 9.21. The number of para-hydroxylation sites is 4. The minimum absolute atomic E-state index is 0.162. The third-order valence-corrected chi connectivity index (χ3v) is 18.6. The van der Waals surface area contributed by atoms with E-state index < -0.39 is 0 Å². The van der Waals surface area contributed by atoms with Gasteiger partial charge < -0.3 is 9.80 Å². The van der Waals surface area contributed by atoms with Crippen LogP contribution in [0, 0.1) is 0 Å². The molecular formula is C74H60N2. The van der Waals surface area contributed by atoms with Gasteiger partial charge in [0.15, 0.2) is 0 Å². The van der Waals surface area contributed by atoms with Crippen molar-refractivity contribution in [3.8, 4) is 44.5 Å². The molecule has 0 amide bonds. The van der Waals surface area contributed by atoms with E-state index in [1.54, 1.807) is 0 Å². The van der Waals surface area contributed by atoms with E-state index in [9.17, 15) is 0 Å². The molecule has 0 spiro atoms. The number of anilines is 6. The lowest BCUT2D eigenvalue weighted by molar-refractivity contribution is 0.620. The molecule has 0 unspecified atom stereocenters. The fraction of sp³-hybridized carbons (Fsp3) is 0.162. The summed E-state index contributed by atoms with van der Waals surface area (Å²) in [6, 6.07) is 82.9. The van der Waals surface area contributed by atoms with Crippen LogP contribution < -0.4 is 9.80 Å². The highest BCUT2D eigenvalue weighted by Crippen LogP contribution is 2.60. The lowest BCUT2D eigenvalue weighted by atomic mass is 9.71. The van der Waals surface area contributed by atoms with Crippen LogP contribution in [0.1, 0.15) is 99.9 Å². The third-order valence-electron chi connectivity index (χ3n) is 18.6. The fourth-order valence-electron chi connectivity index (χ4n) is 14.4. The quantitative estimate of drug-likeness (QED) is 0.162. The Bertz CT molecular complexity index is 4280. The van der Waals surface area contributed by atoms with Crippen molar-refractivity contribution in [1.82, 2.24) is 0 Å². The van der Waals surface area contributed by atoms with Crippen LogP contribution in [-0.2, 0) is 21.7 Å². The van der Waals surface area contributed by atoms with Gasteiger partial charge in [0, 0.05) is 33.0 Å². The molecule has 0 bridgehead atoms. The number of rotatable bonds is 4. The van der Waals surface area contributed by atoms with Crippen molar-refractivity contribution in [1.29, 1.82) is 0 Å². The van der Waals surface area contributed by atoms with Crippen molar-refractivity contribution in [2.45, 2.75) is 77.0 Å². The van der Waals surface area contributed by atoms with E-state index in [0.717, 1.165) is 0 Å². The minimum Gasteiger partial charge on any atom is -0.310 e. The van der Waals surface area contributed by atoms with Crippen molar-refractivity contribution in [2.75, 3.05) is 9.80 Å². The van der Waals surface area contributed by atoms with Crippen LogP contribution in [0.4, 0.5) is 34.1 Å². The van der Waals surface area contributed by atoms with Gasteiger partial charge in [-0.25, -0.2) is 0 Å². The summed E-state index contributed by atoms with van der Waals surface area (Å²) in [5, 5.41) is 5.08. The first-order valence-electron chi connectivity index (χ1n) is 27.2. The smallest absolute Gasteiger partial charge is 0.0509 e. The molecule has 4 aliphatic rings. The number of hydrogen-bond acceptors (Lipinski definition) is 2. The molecule has 0 saturated heterocycles. The fourth-order valence-corrected chi connectivity index (χ4v) is 14.4. The molecule has 15 rings (SSSR count). The van der Waals surface area contributed by atoms with Crippen molar-refractivity contribution in [3.05, 3.63) is 263 Å². The lowest BCUT2D eigenvalue weighted by Gasteiger charge is -2.43. The summed E-state index contributed by atoms with van der Waals surface area (Å²) in [6.07, 6.45) is 0. The molecule has 2 aliphatic carbocycles. The van der Waals surface area contributed by atoms with Gasteiger partial charge in [0.25, 0.3) is 0 Å². The molecule has 2 heteroatoms. The number of hydrogen-bond donors (Lipinski definition) is 0. The van der Waals surface area contributed by atoms with Crippen LogP contribution >= 0.6 is 0 Å². The van der Waals surface area contributed by atoms with Crippen molar-refractivity contribution in [3.63, 3.8) is 0 Å². The van der Waals surface area contributed by atoms with Gasteiger partial charge >= 0.3 is 0 Å². The zero-order valence-electron chi connectivity index (χ0n) is 44.7. The molecule has 2 nitrogen and oxygen atoms in total. The van der Waals surface area contributed by atoms with E-state index in [4.69, 9.17) is 0 Å². The van der Waals surface area contributed by atoms with Gasteiger partial charge in [0.05, 0.1) is 22.7 Å². The molecule has 0 atom stereocenters. The van der Waals surface area contributed by atoms with Gasteiger partial charge in [-0.3, -0.25) is 0 Å². The highest BCUT2D eigenvalue weighted by Gasteiger charge is 2.44. The van der Waals surface area contributed by atoms with Gasteiger partial charge in [0.2, 0.25) is 0 Å². The first-order chi connectivity index (χ1) is 36.7. The minimum atomic E-state index is -0.184. The Morgan fingerprint density at radius 3 is 1.11 bits per heavy atom. The highest BCUT2D eigenvalue weighted by molar-refractivity contribution is 6.09. The van der Waals surface area contributed by atoms with Crippen LogP contribution in [-0.4, -0.2) is 0 Å². The molecule has 11 aromatic carbocycles. The summed E-state index contributed by atoms with van der Waals surface area (Å²) in [4.78, 5) is 4.96. The maximum atomic E-state index is 2.54. The van der Waals surface area contributed by atoms with E-state index in [1.165, 1.54) is 145 Å². The molecule has 2 heterocycles. The molecule has 366 valence electrons. The second-order valence-corrected chi connectivity index (χ2v) is 24.2. The molecule has 2 aliphatic heterocycles. The number of nitrogens with zero attached hydrogens (tertiary/aromatic N) is 2. The monoisotopic (exact) mass is 976 g/mol. The van der Waals surface area contributed by atoms with Crippen LogP contribution in [0.3, 0.4) is 0 Å². The van der Waals surface area contributed by atoms with Gasteiger partial charge in [-0.15, -0.1) is 0 Å². The summed E-state index contributed by atoms with van der Waals surface area (Å²) in [5.41, 5.74) is 28.1. The van der Waals surface area contributed by atoms with Gasteiger partial charge in [0.1, 0.15) is 0 Å². The maximum Gasteiger partial charge on any atom is 0.0509 e. The summed E-state index contributed by atoms with van der Waals surface area (Å²) in [5.74, 6) is 0. The maximum absolute atomic E-state index is 2.54. The van der Waals surface area contributed by atoms with Crippen molar-refractivity contribution < 1.29 is 0 Å². The molecule has 0 fully saturated rings. The zero-order chi connectivity index (χ0) is 51.6. The first kappa shape index (κ1) is 45.0. The van der Waals surface area contributed by atoms with Gasteiger partial charge in [-0.05, 0) is 189 Å². The van der Waals surface area contributed by atoms with Crippen LogP contribution in [0.2, 0.25) is 0 Å². The molecule has 0 N–H and O–H groups in total. The van der Waals surface area contributed by atoms with E-state index in [1.807, 2.05) is 0 Å². The zero-order valence-corrected chi connectivity index (χ0v) is 44.7. The van der Waals surface area contributed by atoms with E-state index in [-0.39, 0.29) is 21.7 Å². The SMILES string of the molecule is CC1(C)c2cc(-c3ccc4c(ccc5cc(-c6ccc7c(c6)C(C)(C)c6cc8c(cc6-7)N(c6ccccc6)c6ccccc6C8(C)C)ccc54)c3)ccc2-c2cc3c(cc21)N(c1ccccc1)c1ccccc1C3(C)C. The third kappa shape index (κ3) is 6.16. The Hall–Kier alpha value is -8.46.